The summed E-state index contributed by atoms with van der Waals surface area (Å²) in [7, 11) is 0. The van der Waals surface area contributed by atoms with Crippen LogP contribution in [0.3, 0.4) is 0 Å². The third-order valence-electron chi connectivity index (χ3n) is 7.62. The Kier molecular flexibility index (Phi) is 8.02. The molecule has 7 rings (SSSR count). The fraction of sp³-hybridized carbons (Fsp3) is 0.500. The maximum atomic E-state index is 16.0. The van der Waals surface area contributed by atoms with E-state index in [9.17, 15) is 19.4 Å². The van der Waals surface area contributed by atoms with E-state index < -0.39 is 87.2 Å². The van der Waals surface area contributed by atoms with Crippen molar-refractivity contribution in [3.05, 3.63) is 34.8 Å². The predicted octanol–water partition coefficient (Wildman–Crippen LogP) is 0.500. The molecule has 4 aliphatic rings. The number of alkyl halides is 2. The Morgan fingerprint density at radius 2 is 1.50 bits per heavy atom. The Hall–Kier alpha value is -2.59. The van der Waals surface area contributed by atoms with Gasteiger partial charge in [0.15, 0.2) is 47.6 Å². The van der Waals surface area contributed by atoms with Crippen LogP contribution in [0, 0.1) is 0 Å². The van der Waals surface area contributed by atoms with Crippen LogP contribution < -0.4 is 17.0 Å². The largest absolute Gasteiger partial charge is 0.387 e. The number of pyridine rings is 1. The summed E-state index contributed by atoms with van der Waals surface area (Å²) in [5.41, 5.74) is 10.9. The fourth-order valence-electron chi connectivity index (χ4n) is 5.60. The summed E-state index contributed by atoms with van der Waals surface area (Å²) in [4.78, 5) is 61.0. The van der Waals surface area contributed by atoms with Gasteiger partial charge in [-0.3, -0.25) is 23.2 Å². The summed E-state index contributed by atoms with van der Waals surface area (Å²) >= 11 is 10.3. The van der Waals surface area contributed by atoms with Crippen molar-refractivity contribution in [2.45, 2.75) is 55.6 Å². The Balaban J connectivity index is 1.16. The van der Waals surface area contributed by atoms with E-state index in [-0.39, 0.29) is 40.6 Å². The Bertz CT molecular complexity index is 1930. The number of nitrogen functional groups attached to an aromatic ring is 1. The number of aliphatic imine (C=N–C) groups is 1. The number of aromatic nitrogens is 5. The molecule has 7 heterocycles. The molecule has 0 aliphatic carbocycles. The van der Waals surface area contributed by atoms with Crippen molar-refractivity contribution in [1.82, 2.24) is 24.1 Å². The highest BCUT2D eigenvalue weighted by molar-refractivity contribution is 8.07. The molecule has 24 heteroatoms. The molecule has 0 radical (unpaired) electrons. The number of aromatic amines is 1. The molecular formula is C22H24F2N8O10P2S2. The molecular weight excluding hydrogens is 700 g/mol. The van der Waals surface area contributed by atoms with Gasteiger partial charge in [0.25, 0.3) is 5.56 Å². The molecule has 3 saturated heterocycles. The molecule has 3 fully saturated rings. The first-order valence-electron chi connectivity index (χ1n) is 13.4. The summed E-state index contributed by atoms with van der Waals surface area (Å²) in [6.07, 6.45) is -11.1. The minimum atomic E-state index is -4.31. The van der Waals surface area contributed by atoms with E-state index in [0.29, 0.717) is 0 Å². The zero-order chi connectivity index (χ0) is 32.7. The first-order valence-corrected chi connectivity index (χ1v) is 18.6. The first-order chi connectivity index (χ1) is 21.7. The number of H-pyrrole nitrogens is 1. The molecule has 0 spiro atoms. The predicted molar refractivity (Wildman–Crippen MR) is 159 cm³/mol. The second-order valence-electron chi connectivity index (χ2n) is 10.7. The van der Waals surface area contributed by atoms with Gasteiger partial charge in [0, 0.05) is 6.07 Å². The van der Waals surface area contributed by atoms with Gasteiger partial charge in [0.05, 0.1) is 37.8 Å². The maximum absolute atomic E-state index is 16.0. The van der Waals surface area contributed by atoms with Crippen LogP contribution in [0.4, 0.5) is 20.4 Å². The molecule has 0 amide bonds. The second kappa shape index (κ2) is 11.5. The van der Waals surface area contributed by atoms with Crippen LogP contribution in [0.5, 0.6) is 0 Å². The minimum absolute atomic E-state index is 0.0173. The molecule has 0 bridgehead atoms. The second-order valence-corrected chi connectivity index (χ2v) is 16.2. The van der Waals surface area contributed by atoms with Gasteiger partial charge in [-0.05, 0) is 23.6 Å². The molecule has 2 unspecified atom stereocenters. The lowest BCUT2D eigenvalue weighted by Crippen LogP contribution is -2.37. The van der Waals surface area contributed by atoms with Gasteiger partial charge in [-0.25, -0.2) is 23.7 Å². The molecule has 46 heavy (non-hydrogen) atoms. The van der Waals surface area contributed by atoms with Gasteiger partial charge in [-0.1, -0.05) is 0 Å². The lowest BCUT2D eigenvalue weighted by atomic mass is 10.1. The SMILES string of the molecule is NC1=Nc2c(ncn2[C@@H]2O[C@@H]3COP(O)(=S)O[C@H]4[C@@H](F)[C@H](n5cnc6c(=O)[nH]c(N)cc65)O[C@@H]4COP(O)(=S)O[C@H]3[C@H]2F)C(=O)C1. The summed E-state index contributed by atoms with van der Waals surface area (Å²) in [5, 5.41) is 0. The number of Topliss-reactive ketones (excluding diaryl/α,β-unsaturated/α-hetero) is 1. The monoisotopic (exact) mass is 724 g/mol. The van der Waals surface area contributed by atoms with Crippen LogP contribution in [0.15, 0.2) is 28.5 Å². The van der Waals surface area contributed by atoms with E-state index in [1.165, 1.54) is 10.6 Å². The van der Waals surface area contributed by atoms with Gasteiger partial charge in [-0.2, -0.15) is 0 Å². The first kappa shape index (κ1) is 32.0. The molecule has 3 aromatic heterocycles. The molecule has 7 N–H and O–H groups in total. The Labute approximate surface area is 266 Å². The number of ether oxygens (including phenoxy) is 2. The number of anilines is 1. The van der Waals surface area contributed by atoms with Crippen LogP contribution in [-0.2, 0) is 51.2 Å². The van der Waals surface area contributed by atoms with Crippen molar-refractivity contribution < 1.29 is 50.9 Å². The number of carbonyl (C=O) groups is 1. The lowest BCUT2D eigenvalue weighted by Gasteiger charge is -2.29. The molecule has 248 valence electrons. The van der Waals surface area contributed by atoms with Crippen molar-refractivity contribution in [3.63, 3.8) is 0 Å². The highest BCUT2D eigenvalue weighted by Gasteiger charge is 2.54. The molecule has 0 saturated carbocycles. The van der Waals surface area contributed by atoms with Gasteiger partial charge >= 0.3 is 13.4 Å². The number of amidine groups is 1. The van der Waals surface area contributed by atoms with Gasteiger partial charge in [0.1, 0.15) is 36.1 Å². The van der Waals surface area contributed by atoms with Crippen molar-refractivity contribution >= 4 is 71.3 Å². The summed E-state index contributed by atoms with van der Waals surface area (Å²) in [6.45, 7) is -9.95. The lowest BCUT2D eigenvalue weighted by molar-refractivity contribution is -0.0585. The van der Waals surface area contributed by atoms with Crippen LogP contribution >= 0.6 is 13.4 Å². The van der Waals surface area contributed by atoms with E-state index in [1.54, 1.807) is 0 Å². The van der Waals surface area contributed by atoms with Crippen molar-refractivity contribution in [2.24, 2.45) is 10.7 Å². The highest BCUT2D eigenvalue weighted by atomic mass is 32.5. The van der Waals surface area contributed by atoms with E-state index in [2.05, 4.69) is 19.9 Å². The topological polar surface area (TPSA) is 246 Å². The number of nitrogens with one attached hydrogen (secondary N) is 1. The molecule has 10 atom stereocenters. The maximum Gasteiger partial charge on any atom is 0.325 e. The zero-order valence-electron chi connectivity index (χ0n) is 23.0. The smallest absolute Gasteiger partial charge is 0.325 e. The normalized spacial score (nSPS) is 38.4. The third kappa shape index (κ3) is 5.65. The number of rotatable bonds is 2. The highest BCUT2D eigenvalue weighted by Crippen LogP contribution is 2.55. The van der Waals surface area contributed by atoms with Crippen molar-refractivity contribution in [3.8, 4) is 0 Å². The van der Waals surface area contributed by atoms with E-state index in [1.807, 2.05) is 0 Å². The number of hydrogen-bond donors (Lipinski definition) is 5. The number of hydrogen-bond acceptors (Lipinski definition) is 15. The number of nitrogens with zero attached hydrogens (tertiary/aromatic N) is 5. The third-order valence-corrected chi connectivity index (χ3v) is 10.7. The molecule has 4 aliphatic heterocycles. The van der Waals surface area contributed by atoms with Crippen LogP contribution in [0.1, 0.15) is 29.4 Å². The average molecular weight is 725 g/mol. The average Bonchev–Trinajstić information content (AvgIpc) is 3.72. The molecule has 0 aromatic carbocycles. The van der Waals surface area contributed by atoms with E-state index >= 15 is 8.78 Å². The standard InChI is InChI=1S/C22H24F2N8O10P2S2/c23-13-17-9(39-21(13)31-5-27-15-7(31)1-11(25)30-20(15)34)3-37-44(36,46)42-18-10(4-38-43(35,45)41-17)40-22(14(18)24)32-6-28-16-8(33)2-12(26)29-19(16)32/h1,5-6,9-10,13-14,17-18,21-22H,2-4H2,(H2,26,29)(H,35,45)(H,36,46)(H3,25,30,34)/t9-,10-,13-,14-,17-,18-,21-,22-,43?,44?/m1/s1. The quantitative estimate of drug-likeness (QED) is 0.226. The molecule has 3 aromatic rings. The van der Waals surface area contributed by atoms with Crippen LogP contribution in [0.2, 0.25) is 0 Å². The zero-order valence-corrected chi connectivity index (χ0v) is 26.4. The van der Waals surface area contributed by atoms with Crippen molar-refractivity contribution in [1.29, 1.82) is 0 Å². The van der Waals surface area contributed by atoms with Crippen LogP contribution in [0.25, 0.3) is 11.0 Å². The number of fused-ring (bicyclic) bond motifs is 4. The van der Waals surface area contributed by atoms with Gasteiger partial charge in [0.2, 0.25) is 0 Å². The Morgan fingerprint density at radius 3 is 2.11 bits per heavy atom. The number of carbonyl (C=O) groups excluding carboxylic acids is 1. The van der Waals surface area contributed by atoms with Crippen LogP contribution in [-0.4, -0.2) is 95.5 Å². The summed E-state index contributed by atoms with van der Waals surface area (Å²) in [6, 6.07) is 1.35. The van der Waals surface area contributed by atoms with Gasteiger partial charge in [-0.15, -0.1) is 0 Å². The van der Waals surface area contributed by atoms with E-state index in [4.69, 9.17) is 62.6 Å². The summed E-state index contributed by atoms with van der Waals surface area (Å²) in [5.74, 6) is -0.522. The summed E-state index contributed by atoms with van der Waals surface area (Å²) < 4.78 is 68.0. The number of imidazole rings is 2. The fourth-order valence-corrected chi connectivity index (χ4v) is 8.47. The minimum Gasteiger partial charge on any atom is -0.387 e. The Morgan fingerprint density at radius 1 is 0.935 bits per heavy atom. The van der Waals surface area contributed by atoms with Crippen molar-refractivity contribution in [2.75, 3.05) is 18.9 Å². The molecule has 18 nitrogen and oxygen atoms in total. The number of halogens is 2. The number of ketones is 1. The number of nitrogens with two attached hydrogens (primary N) is 2. The van der Waals surface area contributed by atoms with E-state index in [0.717, 1.165) is 17.2 Å². The van der Waals surface area contributed by atoms with Gasteiger partial charge < -0.3 is 49.3 Å².